The highest BCUT2D eigenvalue weighted by molar-refractivity contribution is 6.30. The molecule has 1 unspecified atom stereocenters. The first kappa shape index (κ1) is 19.5. The van der Waals surface area contributed by atoms with Crippen LogP contribution < -0.4 is 10.6 Å². The van der Waals surface area contributed by atoms with Gasteiger partial charge in [0.1, 0.15) is 0 Å². The fourth-order valence-electron chi connectivity index (χ4n) is 3.34. The minimum atomic E-state index is -0.496. The summed E-state index contributed by atoms with van der Waals surface area (Å²) in [5.74, 6) is 0.0233. The SMILES string of the molecule is Cc1ccc(Cl)cc1N1CCN(C(=O)C(N)CC=Cc2ccccc2)CC1. The average Bonchev–Trinajstić information content (AvgIpc) is 2.70. The maximum Gasteiger partial charge on any atom is 0.239 e. The van der Waals surface area contributed by atoms with Crippen molar-refractivity contribution in [3.05, 3.63) is 70.8 Å². The predicted octanol–water partition coefficient (Wildman–Crippen LogP) is 3.73. The largest absolute Gasteiger partial charge is 0.368 e. The Kier molecular flexibility index (Phi) is 6.54. The first-order valence-corrected chi connectivity index (χ1v) is 9.69. The summed E-state index contributed by atoms with van der Waals surface area (Å²) >= 11 is 6.14. The lowest BCUT2D eigenvalue weighted by atomic mass is 10.1. The molecule has 1 atom stereocenters. The molecule has 0 bridgehead atoms. The van der Waals surface area contributed by atoms with Gasteiger partial charge in [-0.2, -0.15) is 0 Å². The summed E-state index contributed by atoms with van der Waals surface area (Å²) in [6, 6.07) is 15.5. The Hall–Kier alpha value is -2.30. The molecule has 1 amide bonds. The van der Waals surface area contributed by atoms with Crippen LogP contribution in [0.5, 0.6) is 0 Å². The van der Waals surface area contributed by atoms with Crippen LogP contribution in [0.25, 0.3) is 6.08 Å². The number of nitrogens with two attached hydrogens (primary N) is 1. The standard InChI is InChI=1S/C22H26ClN3O/c1-17-10-11-19(23)16-21(17)25-12-14-26(15-13-25)22(27)20(24)9-5-8-18-6-3-2-4-7-18/h2-8,10-11,16,20H,9,12-15,24H2,1H3. The zero-order valence-electron chi connectivity index (χ0n) is 15.6. The predicted molar refractivity (Wildman–Crippen MR) is 113 cm³/mol. The van der Waals surface area contributed by atoms with E-state index in [1.165, 1.54) is 5.56 Å². The number of hydrogen-bond donors (Lipinski definition) is 1. The molecule has 0 radical (unpaired) electrons. The Balaban J connectivity index is 1.52. The first-order valence-electron chi connectivity index (χ1n) is 9.31. The molecule has 0 aliphatic carbocycles. The van der Waals surface area contributed by atoms with Gasteiger partial charge in [-0.15, -0.1) is 0 Å². The fourth-order valence-corrected chi connectivity index (χ4v) is 3.51. The van der Waals surface area contributed by atoms with E-state index in [0.717, 1.165) is 29.4 Å². The van der Waals surface area contributed by atoms with E-state index in [1.807, 2.05) is 65.6 Å². The third-order valence-electron chi connectivity index (χ3n) is 4.92. The van der Waals surface area contributed by atoms with Crippen LogP contribution in [0.4, 0.5) is 5.69 Å². The van der Waals surface area contributed by atoms with E-state index in [0.29, 0.717) is 19.5 Å². The van der Waals surface area contributed by atoms with Gasteiger partial charge in [0.25, 0.3) is 0 Å². The summed E-state index contributed by atoms with van der Waals surface area (Å²) < 4.78 is 0. The number of anilines is 1. The second kappa shape index (κ2) is 9.07. The number of halogens is 1. The maximum absolute atomic E-state index is 12.6. The van der Waals surface area contributed by atoms with Crippen molar-refractivity contribution in [2.24, 2.45) is 5.73 Å². The molecule has 1 fully saturated rings. The van der Waals surface area contributed by atoms with Gasteiger partial charge in [0.05, 0.1) is 6.04 Å². The number of carbonyl (C=O) groups excluding carboxylic acids is 1. The van der Waals surface area contributed by atoms with Crippen molar-refractivity contribution in [2.75, 3.05) is 31.1 Å². The molecule has 1 saturated heterocycles. The number of amides is 1. The third kappa shape index (κ3) is 5.12. The minimum absolute atomic E-state index is 0.0233. The second-order valence-corrected chi connectivity index (χ2v) is 7.33. The van der Waals surface area contributed by atoms with Gasteiger partial charge in [0.2, 0.25) is 5.91 Å². The van der Waals surface area contributed by atoms with Gasteiger partial charge in [0.15, 0.2) is 0 Å². The molecule has 2 aromatic carbocycles. The Morgan fingerprint density at radius 3 is 2.56 bits per heavy atom. The van der Waals surface area contributed by atoms with Crippen LogP contribution in [0.1, 0.15) is 17.5 Å². The maximum atomic E-state index is 12.6. The molecule has 2 aromatic rings. The third-order valence-corrected chi connectivity index (χ3v) is 5.16. The van der Waals surface area contributed by atoms with Crippen LogP contribution in [0.15, 0.2) is 54.6 Å². The number of piperazine rings is 1. The van der Waals surface area contributed by atoms with Crippen molar-refractivity contribution in [3.8, 4) is 0 Å². The van der Waals surface area contributed by atoms with E-state index in [4.69, 9.17) is 17.3 Å². The molecule has 0 aromatic heterocycles. The van der Waals surface area contributed by atoms with Gasteiger partial charge >= 0.3 is 0 Å². The molecule has 1 aliphatic rings. The molecule has 4 nitrogen and oxygen atoms in total. The van der Waals surface area contributed by atoms with Crippen molar-refractivity contribution < 1.29 is 4.79 Å². The molecule has 1 aliphatic heterocycles. The number of nitrogens with zero attached hydrogens (tertiary/aromatic N) is 2. The zero-order chi connectivity index (χ0) is 19.2. The molecule has 2 N–H and O–H groups in total. The monoisotopic (exact) mass is 383 g/mol. The van der Waals surface area contributed by atoms with Crippen molar-refractivity contribution in [1.82, 2.24) is 4.90 Å². The number of aryl methyl sites for hydroxylation is 1. The Bertz CT molecular complexity index is 798. The molecule has 142 valence electrons. The van der Waals surface area contributed by atoms with Crippen LogP contribution in [0.2, 0.25) is 5.02 Å². The van der Waals surface area contributed by atoms with E-state index in [-0.39, 0.29) is 5.91 Å². The Morgan fingerprint density at radius 1 is 1.15 bits per heavy atom. The lowest BCUT2D eigenvalue weighted by Gasteiger charge is -2.37. The van der Waals surface area contributed by atoms with Crippen LogP contribution in [0.3, 0.4) is 0 Å². The van der Waals surface area contributed by atoms with E-state index >= 15 is 0 Å². The number of rotatable bonds is 5. The topological polar surface area (TPSA) is 49.6 Å². The lowest BCUT2D eigenvalue weighted by molar-refractivity contribution is -0.132. The van der Waals surface area contributed by atoms with Gasteiger partial charge < -0.3 is 15.5 Å². The first-order chi connectivity index (χ1) is 13.0. The van der Waals surface area contributed by atoms with E-state index in [2.05, 4.69) is 11.8 Å². The fraction of sp³-hybridized carbons (Fsp3) is 0.318. The molecule has 3 rings (SSSR count). The average molecular weight is 384 g/mol. The van der Waals surface area contributed by atoms with Crippen LogP contribution in [0, 0.1) is 6.92 Å². The van der Waals surface area contributed by atoms with Crippen molar-refractivity contribution in [2.45, 2.75) is 19.4 Å². The van der Waals surface area contributed by atoms with Crippen LogP contribution in [-0.2, 0) is 4.79 Å². The molecule has 27 heavy (non-hydrogen) atoms. The highest BCUT2D eigenvalue weighted by Crippen LogP contribution is 2.25. The molecule has 0 saturated carbocycles. The van der Waals surface area contributed by atoms with Crippen LogP contribution >= 0.6 is 11.6 Å². The van der Waals surface area contributed by atoms with Gasteiger partial charge in [-0.25, -0.2) is 0 Å². The summed E-state index contributed by atoms with van der Waals surface area (Å²) in [5, 5.41) is 0.737. The van der Waals surface area contributed by atoms with Crippen molar-refractivity contribution >= 4 is 29.3 Å². The second-order valence-electron chi connectivity index (χ2n) is 6.90. The molecule has 1 heterocycles. The minimum Gasteiger partial charge on any atom is -0.368 e. The summed E-state index contributed by atoms with van der Waals surface area (Å²) in [6.07, 6.45) is 4.53. The van der Waals surface area contributed by atoms with E-state index < -0.39 is 6.04 Å². The Labute approximate surface area is 166 Å². The van der Waals surface area contributed by atoms with E-state index in [9.17, 15) is 4.79 Å². The normalized spacial score (nSPS) is 16.0. The summed E-state index contributed by atoms with van der Waals surface area (Å²) in [6.45, 7) is 5.03. The molecule has 5 heteroatoms. The summed E-state index contributed by atoms with van der Waals surface area (Å²) in [4.78, 5) is 16.8. The van der Waals surface area contributed by atoms with Gasteiger partial charge in [-0.3, -0.25) is 4.79 Å². The van der Waals surface area contributed by atoms with Gasteiger partial charge in [-0.1, -0.05) is 60.2 Å². The van der Waals surface area contributed by atoms with Crippen LogP contribution in [-0.4, -0.2) is 43.0 Å². The van der Waals surface area contributed by atoms with E-state index in [1.54, 1.807) is 0 Å². The van der Waals surface area contributed by atoms with Gasteiger partial charge in [0, 0.05) is 36.9 Å². The Morgan fingerprint density at radius 2 is 1.85 bits per heavy atom. The van der Waals surface area contributed by atoms with Crippen molar-refractivity contribution in [3.63, 3.8) is 0 Å². The number of hydrogen-bond acceptors (Lipinski definition) is 3. The summed E-state index contributed by atoms with van der Waals surface area (Å²) in [7, 11) is 0. The van der Waals surface area contributed by atoms with Gasteiger partial charge in [-0.05, 0) is 36.6 Å². The molecule has 0 spiro atoms. The quantitative estimate of drug-likeness (QED) is 0.855. The zero-order valence-corrected chi connectivity index (χ0v) is 16.4. The summed E-state index contributed by atoms with van der Waals surface area (Å²) in [5.41, 5.74) is 9.58. The number of carbonyl (C=O) groups is 1. The van der Waals surface area contributed by atoms with Crippen molar-refractivity contribution in [1.29, 1.82) is 0 Å². The smallest absolute Gasteiger partial charge is 0.239 e. The highest BCUT2D eigenvalue weighted by Gasteiger charge is 2.25. The number of benzene rings is 2. The molecular weight excluding hydrogens is 358 g/mol. The molecular formula is C22H26ClN3O. The highest BCUT2D eigenvalue weighted by atomic mass is 35.5. The lowest BCUT2D eigenvalue weighted by Crippen LogP contribution is -2.53.